The molecule has 0 unspecified atom stereocenters. The monoisotopic (exact) mass is 533 g/mol. The number of nitrogen functional groups attached to an aromatic ring is 1. The van der Waals surface area contributed by atoms with Crippen LogP contribution in [0.5, 0.6) is 0 Å². The van der Waals surface area contributed by atoms with Crippen LogP contribution in [0.4, 0.5) is 5.82 Å². The van der Waals surface area contributed by atoms with Gasteiger partial charge in [-0.1, -0.05) is 6.07 Å². The molecule has 7 rings (SSSR count). The Labute approximate surface area is 231 Å². The number of nitrogens with one attached hydrogen (secondary N) is 1. The van der Waals surface area contributed by atoms with Crippen molar-refractivity contribution in [2.75, 3.05) is 18.8 Å². The highest BCUT2D eigenvalue weighted by Crippen LogP contribution is 2.36. The minimum Gasteiger partial charge on any atom is -0.383 e. The van der Waals surface area contributed by atoms with E-state index >= 15 is 0 Å². The fourth-order valence-corrected chi connectivity index (χ4v) is 6.07. The lowest BCUT2D eigenvalue weighted by Crippen LogP contribution is -2.44. The Morgan fingerprint density at radius 3 is 2.67 bits per heavy atom. The smallest absolute Gasteiger partial charge is 0.219 e. The van der Waals surface area contributed by atoms with Crippen LogP contribution in [-0.2, 0) is 11.2 Å². The van der Waals surface area contributed by atoms with Gasteiger partial charge in [-0.15, -0.1) is 0 Å². The Bertz CT molecular complexity index is 1700. The number of nitrogens with zero attached hydrogens (tertiary/aromatic N) is 7. The fraction of sp³-hybridized carbons (Fsp3) is 0.300. The molecule has 1 saturated heterocycles. The Balaban J connectivity index is 1.26. The number of hydrogen-bond acceptors (Lipinski definition) is 7. The summed E-state index contributed by atoms with van der Waals surface area (Å²) >= 11 is 0. The number of rotatable bonds is 5. The van der Waals surface area contributed by atoms with Gasteiger partial charge < -0.3 is 16.0 Å². The van der Waals surface area contributed by atoms with Crippen molar-refractivity contribution in [2.24, 2.45) is 0 Å². The van der Waals surface area contributed by atoms with Crippen molar-refractivity contribution in [1.82, 2.24) is 39.5 Å². The van der Waals surface area contributed by atoms with Crippen molar-refractivity contribution in [1.29, 1.82) is 0 Å². The first kappa shape index (κ1) is 24.5. The van der Waals surface area contributed by atoms with Crippen molar-refractivity contribution >= 4 is 22.9 Å². The molecule has 2 aliphatic rings. The van der Waals surface area contributed by atoms with E-state index in [0.29, 0.717) is 29.5 Å². The van der Waals surface area contributed by atoms with E-state index < -0.39 is 0 Å². The van der Waals surface area contributed by atoms with Crippen molar-refractivity contribution in [2.45, 2.75) is 44.7 Å². The predicted molar refractivity (Wildman–Crippen MR) is 153 cm³/mol. The molecule has 4 aromatic heterocycles. The molecule has 10 heteroatoms. The van der Waals surface area contributed by atoms with E-state index in [4.69, 9.17) is 15.7 Å². The molecule has 0 saturated carbocycles. The Kier molecular flexibility index (Phi) is 6.04. The van der Waals surface area contributed by atoms with E-state index in [1.807, 2.05) is 41.4 Å². The van der Waals surface area contributed by atoms with Gasteiger partial charge in [-0.3, -0.25) is 9.36 Å². The first-order valence-corrected chi connectivity index (χ1v) is 13.8. The number of piperidine rings is 1. The summed E-state index contributed by atoms with van der Waals surface area (Å²) in [7, 11) is 0. The third kappa shape index (κ3) is 4.30. The van der Waals surface area contributed by atoms with Crippen LogP contribution >= 0.6 is 0 Å². The zero-order chi connectivity index (χ0) is 27.2. The van der Waals surface area contributed by atoms with Gasteiger partial charge in [0, 0.05) is 56.4 Å². The Morgan fingerprint density at radius 2 is 1.90 bits per heavy atom. The molecule has 0 spiro atoms. The van der Waals surface area contributed by atoms with E-state index in [2.05, 4.69) is 38.2 Å². The van der Waals surface area contributed by atoms with Crippen LogP contribution in [-0.4, -0.2) is 59.2 Å². The first-order valence-electron chi connectivity index (χ1n) is 13.8. The van der Waals surface area contributed by atoms with Crippen molar-refractivity contribution < 1.29 is 4.79 Å². The van der Waals surface area contributed by atoms with Crippen LogP contribution in [0, 0.1) is 0 Å². The van der Waals surface area contributed by atoms with E-state index in [9.17, 15) is 4.79 Å². The number of amides is 1. The lowest BCUT2D eigenvalue weighted by atomic mass is 10.0. The number of likely N-dealkylation sites (tertiary alicyclic amines) is 1. The van der Waals surface area contributed by atoms with Crippen molar-refractivity contribution in [3.05, 3.63) is 78.2 Å². The normalized spacial score (nSPS) is 17.4. The lowest BCUT2D eigenvalue weighted by Gasteiger charge is -2.33. The van der Waals surface area contributed by atoms with E-state index in [0.717, 1.165) is 61.2 Å². The summed E-state index contributed by atoms with van der Waals surface area (Å²) < 4.78 is 3.82. The average Bonchev–Trinajstić information content (AvgIpc) is 3.72. The molecule has 40 heavy (non-hydrogen) atoms. The lowest BCUT2D eigenvalue weighted by molar-refractivity contribution is -0.129. The van der Waals surface area contributed by atoms with Crippen molar-refractivity contribution in [3.63, 3.8) is 0 Å². The van der Waals surface area contributed by atoms with Crippen LogP contribution in [0.25, 0.3) is 34.1 Å². The molecule has 3 N–H and O–H groups in total. The van der Waals surface area contributed by atoms with Gasteiger partial charge in [0.15, 0.2) is 17.3 Å². The van der Waals surface area contributed by atoms with Crippen LogP contribution in [0.2, 0.25) is 0 Å². The van der Waals surface area contributed by atoms with Gasteiger partial charge in [0.2, 0.25) is 5.91 Å². The van der Waals surface area contributed by atoms with E-state index in [1.54, 1.807) is 24.0 Å². The maximum absolute atomic E-state index is 11.7. The van der Waals surface area contributed by atoms with E-state index in [1.165, 1.54) is 11.1 Å². The summed E-state index contributed by atoms with van der Waals surface area (Å²) in [5.41, 5.74) is 12.2. The summed E-state index contributed by atoms with van der Waals surface area (Å²) in [6, 6.07) is 17.0. The molecular formula is C30H31N9O. The minimum atomic E-state index is 0.169. The molecule has 10 nitrogen and oxygen atoms in total. The molecule has 1 atom stereocenters. The minimum absolute atomic E-state index is 0.169. The molecule has 1 fully saturated rings. The van der Waals surface area contributed by atoms with Gasteiger partial charge in [0.1, 0.15) is 11.3 Å². The van der Waals surface area contributed by atoms with Gasteiger partial charge in [-0.05, 0) is 79.3 Å². The quantitative estimate of drug-likeness (QED) is 0.352. The average molecular weight is 534 g/mol. The number of aromatic nitrogens is 6. The third-order valence-electron chi connectivity index (χ3n) is 8.15. The standard InChI is InChI=1S/C30H31N9O/c1-19(40)37-16-11-21(12-17-37)34-25-8-5-20-18-22(6-7-23(20)25)39-29(24-4-2-13-32-28(24)31)35-26-9-10-27(36-30(26)39)38-15-3-14-33-38/h2-4,6-7,9-10,13-15,18,21,25,34H,5,8,11-12,16-17H2,1H3,(H2,31,32)/t25-/m0/s1. The van der Waals surface area contributed by atoms with Gasteiger partial charge >= 0.3 is 0 Å². The van der Waals surface area contributed by atoms with Gasteiger partial charge in [0.05, 0.1) is 5.56 Å². The summed E-state index contributed by atoms with van der Waals surface area (Å²) in [6.07, 6.45) is 9.34. The Morgan fingerprint density at radius 1 is 1.02 bits per heavy atom. The largest absolute Gasteiger partial charge is 0.383 e. The van der Waals surface area contributed by atoms with Crippen molar-refractivity contribution in [3.8, 4) is 22.9 Å². The zero-order valence-corrected chi connectivity index (χ0v) is 22.4. The molecule has 0 bridgehead atoms. The van der Waals surface area contributed by atoms with Crippen LogP contribution in [0.3, 0.4) is 0 Å². The number of benzene rings is 1. The molecule has 0 radical (unpaired) electrons. The second kappa shape index (κ2) is 9.87. The molecular weight excluding hydrogens is 502 g/mol. The van der Waals surface area contributed by atoms with Gasteiger partial charge in [0.25, 0.3) is 0 Å². The molecule has 5 heterocycles. The number of hydrogen-bond donors (Lipinski definition) is 2. The molecule has 1 aliphatic heterocycles. The Hall–Kier alpha value is -4.57. The van der Waals surface area contributed by atoms with Gasteiger partial charge in [-0.25, -0.2) is 19.6 Å². The van der Waals surface area contributed by atoms with Crippen LogP contribution in [0.1, 0.15) is 43.4 Å². The summed E-state index contributed by atoms with van der Waals surface area (Å²) in [5.74, 6) is 2.01. The molecule has 1 aliphatic carbocycles. The fourth-order valence-electron chi connectivity index (χ4n) is 6.07. The number of pyridine rings is 2. The number of fused-ring (bicyclic) bond motifs is 2. The van der Waals surface area contributed by atoms with E-state index in [-0.39, 0.29) is 5.91 Å². The SMILES string of the molecule is CC(=O)N1CCC(N[C@H]2CCc3cc(-n4c(-c5cccnc5N)nc5ccc(-n6cccn6)nc54)ccc32)CC1. The zero-order valence-electron chi connectivity index (χ0n) is 22.4. The number of aryl methyl sites for hydroxylation is 1. The van der Waals surface area contributed by atoms with Gasteiger partial charge in [-0.2, -0.15) is 5.10 Å². The second-order valence-electron chi connectivity index (χ2n) is 10.6. The third-order valence-corrected chi connectivity index (χ3v) is 8.15. The first-order chi connectivity index (χ1) is 19.5. The second-order valence-corrected chi connectivity index (χ2v) is 10.6. The maximum Gasteiger partial charge on any atom is 0.219 e. The summed E-state index contributed by atoms with van der Waals surface area (Å²) in [6.45, 7) is 3.31. The number of carbonyl (C=O) groups excluding carboxylic acids is 1. The summed E-state index contributed by atoms with van der Waals surface area (Å²) in [5, 5.41) is 8.24. The predicted octanol–water partition coefficient (Wildman–Crippen LogP) is 3.84. The number of carbonyl (C=O) groups is 1. The molecule has 1 aromatic carbocycles. The molecule has 5 aromatic rings. The summed E-state index contributed by atoms with van der Waals surface area (Å²) in [4.78, 5) is 27.9. The topological polar surface area (TPSA) is 120 Å². The maximum atomic E-state index is 11.7. The number of imidazole rings is 1. The van der Waals surface area contributed by atoms with Crippen LogP contribution < -0.4 is 11.1 Å². The molecule has 1 amide bonds. The highest BCUT2D eigenvalue weighted by atomic mass is 16.2. The van der Waals surface area contributed by atoms with Crippen LogP contribution in [0.15, 0.2) is 67.1 Å². The highest BCUT2D eigenvalue weighted by Gasteiger charge is 2.28. The highest BCUT2D eigenvalue weighted by molar-refractivity contribution is 5.83. The molecule has 202 valence electrons. The number of nitrogens with two attached hydrogens (primary N) is 1. The number of anilines is 1.